The van der Waals surface area contributed by atoms with Crippen LogP contribution in [0.2, 0.25) is 0 Å². The normalized spacial score (nSPS) is 11.5. The molecule has 0 unspecified atom stereocenters. The summed E-state index contributed by atoms with van der Waals surface area (Å²) < 4.78 is 13.9. The van der Waals surface area contributed by atoms with Crippen molar-refractivity contribution < 1.29 is 4.39 Å². The van der Waals surface area contributed by atoms with Crippen molar-refractivity contribution in [3.63, 3.8) is 0 Å². The molecule has 0 aromatic heterocycles. The number of hydrogen-bond donors (Lipinski definition) is 1. The number of hydrogen-bond acceptors (Lipinski definition) is 3. The number of halogens is 1. The molecule has 1 aromatic rings. The molecule has 1 rings (SSSR count). The van der Waals surface area contributed by atoms with Gasteiger partial charge in [-0.3, -0.25) is 4.90 Å². The molecule has 1 aromatic carbocycles. The molecular formula is C15H26FN3. The van der Waals surface area contributed by atoms with Crippen molar-refractivity contribution >= 4 is 0 Å². The second kappa shape index (κ2) is 8.25. The Labute approximate surface area is 116 Å². The summed E-state index contributed by atoms with van der Waals surface area (Å²) in [7, 11) is 4.14. The first-order valence-corrected chi connectivity index (χ1v) is 6.91. The van der Waals surface area contributed by atoms with Gasteiger partial charge in [0.25, 0.3) is 0 Å². The minimum atomic E-state index is -0.144. The minimum absolute atomic E-state index is 0.144. The van der Waals surface area contributed by atoms with Crippen molar-refractivity contribution in [2.45, 2.75) is 26.4 Å². The van der Waals surface area contributed by atoms with Crippen molar-refractivity contribution in [3.05, 3.63) is 35.1 Å². The van der Waals surface area contributed by atoms with Crippen molar-refractivity contribution in [3.8, 4) is 0 Å². The molecule has 0 aliphatic carbocycles. The van der Waals surface area contributed by atoms with E-state index in [1.165, 1.54) is 0 Å². The van der Waals surface area contributed by atoms with Crippen molar-refractivity contribution in [2.24, 2.45) is 5.73 Å². The molecule has 0 atom stereocenters. The molecule has 0 fully saturated rings. The summed E-state index contributed by atoms with van der Waals surface area (Å²) in [6, 6.07) is 5.31. The summed E-state index contributed by atoms with van der Waals surface area (Å²) in [6.07, 6.45) is 1.10. The highest BCUT2D eigenvalue weighted by molar-refractivity contribution is 5.24. The Morgan fingerprint density at radius 3 is 2.47 bits per heavy atom. The monoisotopic (exact) mass is 267 g/mol. The van der Waals surface area contributed by atoms with Crippen LogP contribution >= 0.6 is 0 Å². The third-order valence-corrected chi connectivity index (χ3v) is 3.27. The van der Waals surface area contributed by atoms with Crippen LogP contribution in [-0.2, 0) is 13.1 Å². The maximum Gasteiger partial charge on any atom is 0.128 e. The smallest absolute Gasteiger partial charge is 0.128 e. The van der Waals surface area contributed by atoms with E-state index in [1.807, 2.05) is 12.1 Å². The van der Waals surface area contributed by atoms with Gasteiger partial charge in [0.1, 0.15) is 5.82 Å². The van der Waals surface area contributed by atoms with Gasteiger partial charge in [-0.15, -0.1) is 0 Å². The summed E-state index contributed by atoms with van der Waals surface area (Å²) in [6.45, 7) is 6.16. The Morgan fingerprint density at radius 1 is 1.21 bits per heavy atom. The van der Waals surface area contributed by atoms with Crippen LogP contribution in [-0.4, -0.2) is 43.5 Å². The van der Waals surface area contributed by atoms with Crippen molar-refractivity contribution in [1.29, 1.82) is 0 Å². The van der Waals surface area contributed by atoms with Gasteiger partial charge >= 0.3 is 0 Å². The van der Waals surface area contributed by atoms with Gasteiger partial charge in [0.2, 0.25) is 0 Å². The van der Waals surface area contributed by atoms with Gasteiger partial charge in [0.15, 0.2) is 0 Å². The van der Waals surface area contributed by atoms with Gasteiger partial charge in [-0.05, 0) is 51.8 Å². The molecule has 0 saturated carbocycles. The number of benzene rings is 1. The maximum absolute atomic E-state index is 13.9. The molecule has 0 amide bonds. The molecule has 108 valence electrons. The van der Waals surface area contributed by atoms with Crippen LogP contribution in [0.15, 0.2) is 18.2 Å². The molecule has 3 nitrogen and oxygen atoms in total. The highest BCUT2D eigenvalue weighted by Gasteiger charge is 2.08. The van der Waals surface area contributed by atoms with Crippen LogP contribution in [0.3, 0.4) is 0 Å². The van der Waals surface area contributed by atoms with Crippen molar-refractivity contribution in [1.82, 2.24) is 9.80 Å². The number of nitrogens with two attached hydrogens (primary N) is 1. The molecular weight excluding hydrogens is 241 g/mol. The highest BCUT2D eigenvalue weighted by Crippen LogP contribution is 2.13. The Balaban J connectivity index is 2.55. The molecule has 0 radical (unpaired) electrons. The predicted molar refractivity (Wildman–Crippen MR) is 78.4 cm³/mol. The third kappa shape index (κ3) is 5.68. The van der Waals surface area contributed by atoms with E-state index in [1.54, 1.807) is 6.07 Å². The van der Waals surface area contributed by atoms with Crippen LogP contribution in [0.4, 0.5) is 4.39 Å². The molecule has 0 aliphatic heterocycles. The van der Waals surface area contributed by atoms with Crippen LogP contribution in [0.5, 0.6) is 0 Å². The maximum atomic E-state index is 13.9. The van der Waals surface area contributed by atoms with Crippen LogP contribution in [0.1, 0.15) is 24.5 Å². The summed E-state index contributed by atoms with van der Waals surface area (Å²) >= 11 is 0. The Kier molecular flexibility index (Phi) is 6.99. The topological polar surface area (TPSA) is 32.5 Å². The zero-order chi connectivity index (χ0) is 14.3. The molecule has 19 heavy (non-hydrogen) atoms. The molecule has 0 aliphatic rings. The lowest BCUT2D eigenvalue weighted by Crippen LogP contribution is -2.27. The predicted octanol–water partition coefficient (Wildman–Crippen LogP) is 2.06. The standard InChI is InChI=1S/C15H26FN3/c1-4-19(9-5-8-18(2)3)12-14-7-6-13(11-17)10-15(14)16/h6-7,10H,4-5,8-9,11-12,17H2,1-3H3. The fraction of sp³-hybridized carbons (Fsp3) is 0.600. The Morgan fingerprint density at radius 2 is 1.95 bits per heavy atom. The lowest BCUT2D eigenvalue weighted by Gasteiger charge is -2.22. The van der Waals surface area contributed by atoms with E-state index < -0.39 is 0 Å². The summed E-state index contributed by atoms with van der Waals surface area (Å²) in [5.74, 6) is -0.144. The largest absolute Gasteiger partial charge is 0.326 e. The zero-order valence-corrected chi connectivity index (χ0v) is 12.3. The van der Waals surface area contributed by atoms with Crippen LogP contribution in [0, 0.1) is 5.82 Å². The van der Waals surface area contributed by atoms with Crippen LogP contribution in [0.25, 0.3) is 0 Å². The van der Waals surface area contributed by atoms with Crippen molar-refractivity contribution in [2.75, 3.05) is 33.7 Å². The van der Waals surface area contributed by atoms with E-state index in [4.69, 9.17) is 5.73 Å². The van der Waals surface area contributed by atoms with E-state index in [0.29, 0.717) is 13.1 Å². The molecule has 0 heterocycles. The summed E-state index contributed by atoms with van der Waals surface area (Å²) in [4.78, 5) is 4.44. The Bertz CT molecular complexity index is 380. The minimum Gasteiger partial charge on any atom is -0.326 e. The third-order valence-electron chi connectivity index (χ3n) is 3.27. The van der Waals surface area contributed by atoms with Gasteiger partial charge in [0.05, 0.1) is 0 Å². The SMILES string of the molecule is CCN(CCCN(C)C)Cc1ccc(CN)cc1F. The fourth-order valence-electron chi connectivity index (χ4n) is 2.05. The van der Waals surface area contributed by atoms with Crippen LogP contribution < -0.4 is 5.73 Å². The first-order valence-electron chi connectivity index (χ1n) is 6.91. The molecule has 0 bridgehead atoms. The van der Waals surface area contributed by atoms with E-state index in [-0.39, 0.29) is 5.82 Å². The van der Waals surface area contributed by atoms with E-state index in [0.717, 1.165) is 37.2 Å². The average Bonchev–Trinajstić information content (AvgIpc) is 2.39. The highest BCUT2D eigenvalue weighted by atomic mass is 19.1. The molecule has 0 spiro atoms. The van der Waals surface area contributed by atoms with Gasteiger partial charge < -0.3 is 10.6 Å². The first kappa shape index (κ1) is 16.1. The Hall–Kier alpha value is -0.970. The van der Waals surface area contributed by atoms with E-state index >= 15 is 0 Å². The molecule has 4 heteroatoms. The zero-order valence-electron chi connectivity index (χ0n) is 12.3. The first-order chi connectivity index (χ1) is 9.06. The second-order valence-electron chi connectivity index (χ2n) is 5.16. The fourth-order valence-corrected chi connectivity index (χ4v) is 2.05. The van der Waals surface area contributed by atoms with Gasteiger partial charge in [-0.1, -0.05) is 19.1 Å². The van der Waals surface area contributed by atoms with Gasteiger partial charge in [0, 0.05) is 18.7 Å². The molecule has 0 saturated heterocycles. The van der Waals surface area contributed by atoms with Gasteiger partial charge in [-0.2, -0.15) is 0 Å². The quantitative estimate of drug-likeness (QED) is 0.782. The summed E-state index contributed by atoms with van der Waals surface area (Å²) in [5.41, 5.74) is 7.11. The van der Waals surface area contributed by atoms with Gasteiger partial charge in [-0.25, -0.2) is 4.39 Å². The lowest BCUT2D eigenvalue weighted by molar-refractivity contribution is 0.256. The number of rotatable bonds is 8. The van der Waals surface area contributed by atoms with E-state index in [2.05, 4.69) is 30.8 Å². The summed E-state index contributed by atoms with van der Waals surface area (Å²) in [5, 5.41) is 0. The van der Waals surface area contributed by atoms with E-state index in [9.17, 15) is 4.39 Å². The number of nitrogens with zero attached hydrogens (tertiary/aromatic N) is 2. The molecule has 2 N–H and O–H groups in total. The average molecular weight is 267 g/mol. The second-order valence-corrected chi connectivity index (χ2v) is 5.16. The lowest BCUT2D eigenvalue weighted by atomic mass is 10.1.